The molecule has 0 aliphatic rings. The summed E-state index contributed by atoms with van der Waals surface area (Å²) >= 11 is 0. The number of anilines is 1. The van der Waals surface area contributed by atoms with E-state index in [9.17, 15) is 4.79 Å². The van der Waals surface area contributed by atoms with Gasteiger partial charge in [0.2, 0.25) is 0 Å². The fourth-order valence-electron chi connectivity index (χ4n) is 2.03. The molecule has 0 saturated heterocycles. The van der Waals surface area contributed by atoms with Gasteiger partial charge in [-0.3, -0.25) is 4.79 Å². The van der Waals surface area contributed by atoms with Crippen LogP contribution in [0.2, 0.25) is 0 Å². The van der Waals surface area contributed by atoms with Crippen LogP contribution in [0.4, 0.5) is 5.82 Å². The van der Waals surface area contributed by atoms with Crippen LogP contribution in [-0.4, -0.2) is 10.9 Å². The second-order valence-electron chi connectivity index (χ2n) is 4.53. The van der Waals surface area contributed by atoms with E-state index in [1.807, 2.05) is 26.8 Å². The lowest BCUT2D eigenvalue weighted by Crippen LogP contribution is -2.26. The molecular weight excluding hydrogens is 242 g/mol. The van der Waals surface area contributed by atoms with E-state index in [1.54, 1.807) is 12.1 Å². The average Bonchev–Trinajstić information content (AvgIpc) is 2.68. The summed E-state index contributed by atoms with van der Waals surface area (Å²) in [6.07, 6.45) is 1.52. The number of nitrogen functional groups attached to an aromatic ring is 1. The SMILES string of the molecule is Cc1cc(C(C)NC(=O)c2ccnc(N)c2)c(C)o1. The van der Waals surface area contributed by atoms with Crippen molar-refractivity contribution in [2.24, 2.45) is 0 Å². The molecule has 1 atom stereocenters. The van der Waals surface area contributed by atoms with Crippen LogP contribution in [0.25, 0.3) is 0 Å². The fourth-order valence-corrected chi connectivity index (χ4v) is 2.03. The quantitative estimate of drug-likeness (QED) is 0.886. The molecule has 2 aromatic heterocycles. The van der Waals surface area contributed by atoms with Crippen LogP contribution in [0.1, 0.15) is 40.4 Å². The first-order valence-corrected chi connectivity index (χ1v) is 6.06. The van der Waals surface area contributed by atoms with Crippen LogP contribution >= 0.6 is 0 Å². The molecule has 0 aliphatic heterocycles. The second-order valence-corrected chi connectivity index (χ2v) is 4.53. The van der Waals surface area contributed by atoms with Crippen LogP contribution in [0.5, 0.6) is 0 Å². The van der Waals surface area contributed by atoms with Gasteiger partial charge in [-0.1, -0.05) is 0 Å². The topological polar surface area (TPSA) is 81.2 Å². The summed E-state index contributed by atoms with van der Waals surface area (Å²) in [4.78, 5) is 15.9. The van der Waals surface area contributed by atoms with Crippen molar-refractivity contribution in [2.45, 2.75) is 26.8 Å². The Morgan fingerprint density at radius 1 is 1.42 bits per heavy atom. The number of carbonyl (C=O) groups excluding carboxylic acids is 1. The van der Waals surface area contributed by atoms with Crippen molar-refractivity contribution >= 4 is 11.7 Å². The zero-order valence-electron chi connectivity index (χ0n) is 11.2. The number of nitrogens with one attached hydrogen (secondary N) is 1. The molecule has 1 amide bonds. The van der Waals surface area contributed by atoms with Gasteiger partial charge in [-0.05, 0) is 39.0 Å². The number of hydrogen-bond acceptors (Lipinski definition) is 4. The highest BCUT2D eigenvalue weighted by Crippen LogP contribution is 2.21. The summed E-state index contributed by atoms with van der Waals surface area (Å²) in [7, 11) is 0. The molecule has 1 unspecified atom stereocenters. The predicted octanol–water partition coefficient (Wildman–Crippen LogP) is 2.36. The van der Waals surface area contributed by atoms with E-state index in [0.29, 0.717) is 11.4 Å². The minimum atomic E-state index is -0.181. The van der Waals surface area contributed by atoms with Crippen molar-refractivity contribution < 1.29 is 9.21 Å². The van der Waals surface area contributed by atoms with Gasteiger partial charge in [-0.15, -0.1) is 0 Å². The van der Waals surface area contributed by atoms with Gasteiger partial charge in [0.05, 0.1) is 6.04 Å². The molecule has 2 aromatic rings. The standard InChI is InChI=1S/C14H17N3O2/c1-8-6-12(10(3)19-8)9(2)17-14(18)11-4-5-16-13(15)7-11/h4-7,9H,1-3H3,(H2,15,16)(H,17,18). The summed E-state index contributed by atoms with van der Waals surface area (Å²) in [5.74, 6) is 1.80. The lowest BCUT2D eigenvalue weighted by Gasteiger charge is -2.13. The molecule has 0 spiro atoms. The number of furan rings is 1. The molecule has 0 aromatic carbocycles. The van der Waals surface area contributed by atoms with E-state index in [4.69, 9.17) is 10.2 Å². The summed E-state index contributed by atoms with van der Waals surface area (Å²) in [6.45, 7) is 5.68. The minimum Gasteiger partial charge on any atom is -0.466 e. The van der Waals surface area contributed by atoms with Gasteiger partial charge in [-0.25, -0.2) is 4.98 Å². The number of aryl methyl sites for hydroxylation is 2. The molecule has 19 heavy (non-hydrogen) atoms. The number of carbonyl (C=O) groups is 1. The summed E-state index contributed by atoms with van der Waals surface area (Å²) in [5.41, 5.74) is 7.04. The van der Waals surface area contributed by atoms with Gasteiger partial charge in [0.1, 0.15) is 17.3 Å². The smallest absolute Gasteiger partial charge is 0.251 e. The highest BCUT2D eigenvalue weighted by atomic mass is 16.3. The van der Waals surface area contributed by atoms with E-state index < -0.39 is 0 Å². The van der Waals surface area contributed by atoms with Gasteiger partial charge in [-0.2, -0.15) is 0 Å². The Bertz CT molecular complexity index is 604. The molecule has 5 heteroatoms. The van der Waals surface area contributed by atoms with Gasteiger partial charge >= 0.3 is 0 Å². The number of aromatic nitrogens is 1. The average molecular weight is 259 g/mol. The van der Waals surface area contributed by atoms with Gasteiger partial charge in [0.25, 0.3) is 5.91 Å². The third-order valence-corrected chi connectivity index (χ3v) is 2.94. The van der Waals surface area contributed by atoms with Gasteiger partial charge in [0.15, 0.2) is 0 Å². The molecule has 2 heterocycles. The molecule has 100 valence electrons. The maximum atomic E-state index is 12.1. The third-order valence-electron chi connectivity index (χ3n) is 2.94. The lowest BCUT2D eigenvalue weighted by molar-refractivity contribution is 0.0939. The summed E-state index contributed by atoms with van der Waals surface area (Å²) in [5, 5.41) is 2.91. The lowest BCUT2D eigenvalue weighted by atomic mass is 10.1. The fraction of sp³-hybridized carbons (Fsp3) is 0.286. The number of hydrogen-bond donors (Lipinski definition) is 2. The first-order valence-electron chi connectivity index (χ1n) is 6.06. The second kappa shape index (κ2) is 5.14. The van der Waals surface area contributed by atoms with E-state index in [1.165, 1.54) is 6.20 Å². The molecule has 3 N–H and O–H groups in total. The van der Waals surface area contributed by atoms with Crippen LogP contribution in [0.3, 0.4) is 0 Å². The summed E-state index contributed by atoms with van der Waals surface area (Å²) < 4.78 is 5.46. The van der Waals surface area contributed by atoms with Crippen molar-refractivity contribution in [1.29, 1.82) is 0 Å². The number of rotatable bonds is 3. The highest BCUT2D eigenvalue weighted by molar-refractivity contribution is 5.94. The van der Waals surface area contributed by atoms with Crippen LogP contribution in [0.15, 0.2) is 28.8 Å². The Balaban J connectivity index is 2.13. The van der Waals surface area contributed by atoms with E-state index in [-0.39, 0.29) is 11.9 Å². The third kappa shape index (κ3) is 2.93. The Kier molecular flexibility index (Phi) is 3.55. The molecule has 0 saturated carbocycles. The molecule has 2 rings (SSSR count). The van der Waals surface area contributed by atoms with Crippen LogP contribution in [0, 0.1) is 13.8 Å². The minimum absolute atomic E-state index is 0.126. The Hall–Kier alpha value is -2.30. The first-order chi connectivity index (χ1) is 8.97. The summed E-state index contributed by atoms with van der Waals surface area (Å²) in [6, 6.07) is 4.99. The maximum Gasteiger partial charge on any atom is 0.251 e. The number of nitrogens with two attached hydrogens (primary N) is 1. The van der Waals surface area contributed by atoms with E-state index >= 15 is 0 Å². The van der Waals surface area contributed by atoms with Crippen molar-refractivity contribution in [3.05, 3.63) is 47.0 Å². The zero-order valence-corrected chi connectivity index (χ0v) is 11.2. The highest BCUT2D eigenvalue weighted by Gasteiger charge is 2.16. The number of pyridine rings is 1. The van der Waals surface area contributed by atoms with Gasteiger partial charge < -0.3 is 15.5 Å². The normalized spacial score (nSPS) is 12.2. The molecule has 5 nitrogen and oxygen atoms in total. The number of amides is 1. The monoisotopic (exact) mass is 259 g/mol. The van der Waals surface area contributed by atoms with E-state index in [0.717, 1.165) is 17.1 Å². The maximum absolute atomic E-state index is 12.1. The molecule has 0 aliphatic carbocycles. The number of nitrogens with zero attached hydrogens (tertiary/aromatic N) is 1. The zero-order chi connectivity index (χ0) is 14.0. The Morgan fingerprint density at radius 2 is 2.16 bits per heavy atom. The van der Waals surface area contributed by atoms with Crippen molar-refractivity contribution in [2.75, 3.05) is 5.73 Å². The molecular formula is C14H17N3O2. The molecule has 0 fully saturated rings. The van der Waals surface area contributed by atoms with Crippen LogP contribution in [-0.2, 0) is 0 Å². The van der Waals surface area contributed by atoms with Crippen molar-refractivity contribution in [3.63, 3.8) is 0 Å². The first kappa shape index (κ1) is 13.1. The Labute approximate surface area is 111 Å². The van der Waals surface area contributed by atoms with Crippen molar-refractivity contribution in [1.82, 2.24) is 10.3 Å². The van der Waals surface area contributed by atoms with Gasteiger partial charge in [0, 0.05) is 17.3 Å². The van der Waals surface area contributed by atoms with E-state index in [2.05, 4.69) is 10.3 Å². The van der Waals surface area contributed by atoms with Crippen molar-refractivity contribution in [3.8, 4) is 0 Å². The Morgan fingerprint density at radius 3 is 2.74 bits per heavy atom. The molecule has 0 bridgehead atoms. The largest absolute Gasteiger partial charge is 0.466 e. The van der Waals surface area contributed by atoms with Crippen LogP contribution < -0.4 is 11.1 Å². The molecule has 0 radical (unpaired) electrons. The predicted molar refractivity (Wildman–Crippen MR) is 72.7 cm³/mol.